The molecule has 1 saturated carbocycles. The van der Waals surface area contributed by atoms with Gasteiger partial charge >= 0.3 is 5.97 Å². The predicted molar refractivity (Wildman–Crippen MR) is 128 cm³/mol. The van der Waals surface area contributed by atoms with Gasteiger partial charge in [-0.15, -0.1) is 0 Å². The first kappa shape index (κ1) is 25.6. The van der Waals surface area contributed by atoms with E-state index >= 15 is 0 Å². The van der Waals surface area contributed by atoms with Crippen molar-refractivity contribution in [1.82, 2.24) is 20.9 Å². The van der Waals surface area contributed by atoms with E-state index in [0.29, 0.717) is 23.5 Å². The average molecular weight is 491 g/mol. The Labute approximate surface area is 203 Å². The Kier molecular flexibility index (Phi) is 8.92. The van der Waals surface area contributed by atoms with Crippen molar-refractivity contribution in [1.29, 1.82) is 0 Å². The summed E-state index contributed by atoms with van der Waals surface area (Å²) in [6, 6.07) is 5.94. The van der Waals surface area contributed by atoms with Crippen LogP contribution in [0.15, 0.2) is 24.3 Å². The van der Waals surface area contributed by atoms with Crippen molar-refractivity contribution in [3.63, 3.8) is 0 Å². The minimum Gasteiger partial charge on any atom is -0.467 e. The molecule has 34 heavy (non-hydrogen) atoms. The van der Waals surface area contributed by atoms with Gasteiger partial charge in [0.15, 0.2) is 0 Å². The molecule has 1 aromatic heterocycles. The topological polar surface area (TPSA) is 129 Å². The van der Waals surface area contributed by atoms with E-state index in [9.17, 15) is 19.2 Å². The van der Waals surface area contributed by atoms with Gasteiger partial charge in [0.05, 0.1) is 24.2 Å². The molecule has 9 nitrogen and oxygen atoms in total. The molecule has 2 aliphatic rings. The van der Waals surface area contributed by atoms with E-state index < -0.39 is 23.8 Å². The zero-order valence-corrected chi connectivity index (χ0v) is 20.2. The number of hydrogen-bond donors (Lipinski definition) is 4. The molecule has 4 rings (SSSR count). The molecule has 1 saturated heterocycles. The lowest BCUT2D eigenvalue weighted by Crippen LogP contribution is -2.48. The van der Waals surface area contributed by atoms with Crippen molar-refractivity contribution in [2.45, 2.75) is 45.1 Å². The van der Waals surface area contributed by atoms with Crippen molar-refractivity contribution in [2.24, 2.45) is 11.8 Å². The van der Waals surface area contributed by atoms with Crippen LogP contribution in [0.4, 0.5) is 0 Å². The summed E-state index contributed by atoms with van der Waals surface area (Å²) in [5.41, 5.74) is 0.888. The fourth-order valence-corrected chi connectivity index (χ4v) is 3.84. The molecule has 1 aromatic carbocycles. The maximum Gasteiger partial charge on any atom is 0.328 e. The van der Waals surface area contributed by atoms with Crippen LogP contribution in [0.5, 0.6) is 0 Å². The van der Waals surface area contributed by atoms with Gasteiger partial charge in [0.1, 0.15) is 11.7 Å². The fraction of sp³-hybridized carbons (Fsp3) is 0.500. The molecule has 3 amide bonds. The Bertz CT molecular complexity index is 1050. The predicted octanol–water partition coefficient (Wildman–Crippen LogP) is 2.54. The SMILES string of the molecule is CC1CC1.COC(=O)C(CC1CCCNC1=O)NC(=O)CNC(=O)c1cc2cccc(Cl)c2[nH]1. The Morgan fingerprint density at radius 3 is 2.59 bits per heavy atom. The van der Waals surface area contributed by atoms with Gasteiger partial charge in [-0.05, 0) is 37.3 Å². The number of carbonyl (C=O) groups is 4. The van der Waals surface area contributed by atoms with Crippen LogP contribution in [-0.2, 0) is 19.1 Å². The van der Waals surface area contributed by atoms with Gasteiger partial charge in [-0.3, -0.25) is 14.4 Å². The highest BCUT2D eigenvalue weighted by molar-refractivity contribution is 6.35. The van der Waals surface area contributed by atoms with Crippen molar-refractivity contribution in [3.05, 3.63) is 35.0 Å². The molecule has 2 aromatic rings. The number of esters is 1. The third kappa shape index (κ3) is 7.21. The minimum absolute atomic E-state index is 0.138. The number of hydrogen-bond acceptors (Lipinski definition) is 5. The molecule has 1 aliphatic carbocycles. The highest BCUT2D eigenvalue weighted by Gasteiger charge is 2.30. The van der Waals surface area contributed by atoms with Crippen molar-refractivity contribution >= 4 is 46.2 Å². The van der Waals surface area contributed by atoms with Gasteiger partial charge in [-0.1, -0.05) is 43.5 Å². The lowest BCUT2D eigenvalue weighted by atomic mass is 9.91. The Hall–Kier alpha value is -3.07. The number of benzene rings is 1. The molecule has 10 heteroatoms. The zero-order valence-electron chi connectivity index (χ0n) is 19.4. The molecule has 2 unspecified atom stereocenters. The van der Waals surface area contributed by atoms with Crippen LogP contribution in [0.3, 0.4) is 0 Å². The number of halogens is 1. The number of H-pyrrole nitrogens is 1. The third-order valence-corrected chi connectivity index (χ3v) is 6.18. The summed E-state index contributed by atoms with van der Waals surface area (Å²) in [5.74, 6) is -1.13. The number of piperidine rings is 1. The largest absolute Gasteiger partial charge is 0.467 e. The molecular formula is C24H31ClN4O5. The van der Waals surface area contributed by atoms with E-state index in [0.717, 1.165) is 17.7 Å². The maximum atomic E-state index is 12.4. The summed E-state index contributed by atoms with van der Waals surface area (Å²) < 4.78 is 4.74. The smallest absolute Gasteiger partial charge is 0.328 e. The molecule has 184 valence electrons. The van der Waals surface area contributed by atoms with Crippen LogP contribution < -0.4 is 16.0 Å². The van der Waals surface area contributed by atoms with Gasteiger partial charge in [-0.25, -0.2) is 4.79 Å². The first-order chi connectivity index (χ1) is 16.3. The quantitative estimate of drug-likeness (QED) is 0.443. The Morgan fingerprint density at radius 1 is 1.24 bits per heavy atom. The number of para-hydroxylation sites is 1. The normalized spacial score (nSPS) is 18.2. The number of aromatic nitrogens is 1. The summed E-state index contributed by atoms with van der Waals surface area (Å²) in [6.45, 7) is 2.54. The Balaban J connectivity index is 0.000000732. The molecule has 0 bridgehead atoms. The summed E-state index contributed by atoms with van der Waals surface area (Å²) in [5, 5.41) is 9.04. The van der Waals surface area contributed by atoms with Crippen LogP contribution in [-0.4, -0.2) is 54.9 Å². The molecule has 4 N–H and O–H groups in total. The standard InChI is InChI=1S/C20H23ClN4O5.C4H8/c1-30-20(29)15(9-12-5-3-7-22-18(12)27)24-16(26)10-23-19(28)14-8-11-4-2-6-13(21)17(11)25-14;1-4-2-3-4/h2,4,6,8,12,15,25H,3,5,7,9-10H2,1H3,(H,22,27)(H,23,28)(H,24,26);4H,2-3H2,1H3. The van der Waals surface area contributed by atoms with Crippen LogP contribution >= 0.6 is 11.6 Å². The van der Waals surface area contributed by atoms with Crippen molar-refractivity contribution in [2.75, 3.05) is 20.2 Å². The van der Waals surface area contributed by atoms with Crippen molar-refractivity contribution in [3.8, 4) is 0 Å². The summed E-state index contributed by atoms with van der Waals surface area (Å²) in [6.07, 6.45) is 4.55. The van der Waals surface area contributed by atoms with E-state index in [-0.39, 0.29) is 30.5 Å². The molecule has 2 atom stereocenters. The summed E-state index contributed by atoms with van der Waals surface area (Å²) in [7, 11) is 1.21. The number of methoxy groups -OCH3 is 1. The molecule has 0 radical (unpaired) electrons. The number of aromatic amines is 1. The molecule has 0 spiro atoms. The average Bonchev–Trinajstić information content (AvgIpc) is 3.47. The zero-order chi connectivity index (χ0) is 24.7. The summed E-state index contributed by atoms with van der Waals surface area (Å²) in [4.78, 5) is 51.6. The maximum absolute atomic E-state index is 12.4. The Morgan fingerprint density at radius 2 is 1.97 bits per heavy atom. The number of nitrogens with one attached hydrogen (secondary N) is 4. The van der Waals surface area contributed by atoms with E-state index in [1.807, 2.05) is 6.07 Å². The van der Waals surface area contributed by atoms with Crippen LogP contribution in [0.1, 0.15) is 49.5 Å². The second-order valence-electron chi connectivity index (χ2n) is 8.76. The number of ether oxygens (including phenoxy) is 1. The molecule has 2 fully saturated rings. The van der Waals surface area contributed by atoms with Crippen LogP contribution in [0, 0.1) is 11.8 Å². The number of carbonyl (C=O) groups excluding carboxylic acids is 4. The first-order valence-corrected chi connectivity index (χ1v) is 11.9. The van der Waals surface area contributed by atoms with E-state index in [4.69, 9.17) is 16.3 Å². The third-order valence-electron chi connectivity index (χ3n) is 5.87. The van der Waals surface area contributed by atoms with Crippen LogP contribution in [0.2, 0.25) is 5.02 Å². The van der Waals surface area contributed by atoms with E-state index in [2.05, 4.69) is 27.9 Å². The number of fused-ring (bicyclic) bond motifs is 1. The van der Waals surface area contributed by atoms with Gasteiger partial charge in [0.25, 0.3) is 5.91 Å². The second-order valence-corrected chi connectivity index (χ2v) is 9.17. The van der Waals surface area contributed by atoms with E-state index in [1.165, 1.54) is 20.0 Å². The lowest BCUT2D eigenvalue weighted by Gasteiger charge is -2.25. The monoisotopic (exact) mass is 490 g/mol. The van der Waals surface area contributed by atoms with Gasteiger partial charge in [0, 0.05) is 17.8 Å². The van der Waals surface area contributed by atoms with Crippen LogP contribution in [0.25, 0.3) is 10.9 Å². The minimum atomic E-state index is -0.972. The van der Waals surface area contributed by atoms with Gasteiger partial charge < -0.3 is 25.7 Å². The lowest BCUT2D eigenvalue weighted by molar-refractivity contribution is -0.146. The second kappa shape index (κ2) is 11.9. The molecular weight excluding hydrogens is 460 g/mol. The van der Waals surface area contributed by atoms with Gasteiger partial charge in [0.2, 0.25) is 11.8 Å². The highest BCUT2D eigenvalue weighted by Crippen LogP contribution is 2.26. The molecule has 1 aliphatic heterocycles. The fourth-order valence-electron chi connectivity index (χ4n) is 3.61. The summed E-state index contributed by atoms with van der Waals surface area (Å²) >= 11 is 6.09. The molecule has 2 heterocycles. The first-order valence-electron chi connectivity index (χ1n) is 11.5. The van der Waals surface area contributed by atoms with Crippen molar-refractivity contribution < 1.29 is 23.9 Å². The number of amides is 3. The van der Waals surface area contributed by atoms with E-state index in [1.54, 1.807) is 18.2 Å². The number of rotatable bonds is 7. The highest BCUT2D eigenvalue weighted by atomic mass is 35.5. The van der Waals surface area contributed by atoms with Gasteiger partial charge in [-0.2, -0.15) is 0 Å².